The minimum atomic E-state index is -0.150. The van der Waals surface area contributed by atoms with Crippen molar-refractivity contribution in [3.05, 3.63) is 27.3 Å². The Morgan fingerprint density at radius 1 is 1.57 bits per heavy atom. The van der Waals surface area contributed by atoms with Gasteiger partial charge in [-0.15, -0.1) is 0 Å². The Labute approximate surface area is 132 Å². The standard InChI is InChI=1S/C14H20N4OS2/c1-4-18(3)14-17-12(15)11(21-14)13(19)16-9(2)7-10-5-6-20-8-10/h5-6,8-9H,4,7,15H2,1-3H3,(H,16,19). The van der Waals surface area contributed by atoms with Gasteiger partial charge in [-0.3, -0.25) is 4.79 Å². The third-order valence-electron chi connectivity index (χ3n) is 3.15. The van der Waals surface area contributed by atoms with E-state index in [2.05, 4.69) is 21.7 Å². The van der Waals surface area contributed by atoms with Gasteiger partial charge in [0, 0.05) is 19.6 Å². The van der Waals surface area contributed by atoms with E-state index in [4.69, 9.17) is 5.73 Å². The number of aromatic nitrogens is 1. The first-order valence-electron chi connectivity index (χ1n) is 6.80. The number of hydrogen-bond donors (Lipinski definition) is 2. The first kappa shape index (κ1) is 15.8. The fraction of sp³-hybridized carbons (Fsp3) is 0.429. The highest BCUT2D eigenvalue weighted by Gasteiger charge is 2.19. The van der Waals surface area contributed by atoms with E-state index in [9.17, 15) is 4.79 Å². The van der Waals surface area contributed by atoms with Crippen molar-refractivity contribution < 1.29 is 4.79 Å². The molecule has 2 aromatic heterocycles. The molecule has 1 unspecified atom stereocenters. The molecule has 2 rings (SSSR count). The van der Waals surface area contributed by atoms with E-state index in [0.29, 0.717) is 10.7 Å². The van der Waals surface area contributed by atoms with Gasteiger partial charge in [0.15, 0.2) is 5.13 Å². The molecule has 0 fully saturated rings. The third-order valence-corrected chi connectivity index (χ3v) is 5.06. The van der Waals surface area contributed by atoms with Crippen LogP contribution in [0.5, 0.6) is 0 Å². The predicted molar refractivity (Wildman–Crippen MR) is 90.4 cm³/mol. The molecular weight excluding hydrogens is 304 g/mol. The first-order chi connectivity index (χ1) is 10.0. The second kappa shape index (κ2) is 6.91. The predicted octanol–water partition coefficient (Wildman–Crippen LogP) is 2.60. The molecule has 5 nitrogen and oxygen atoms in total. The average Bonchev–Trinajstić information content (AvgIpc) is 3.07. The van der Waals surface area contributed by atoms with Gasteiger partial charge in [0.2, 0.25) is 0 Å². The van der Waals surface area contributed by atoms with E-state index >= 15 is 0 Å². The van der Waals surface area contributed by atoms with Crippen LogP contribution in [0.1, 0.15) is 29.1 Å². The van der Waals surface area contributed by atoms with Gasteiger partial charge < -0.3 is 16.0 Å². The molecule has 0 aromatic carbocycles. The van der Waals surface area contributed by atoms with E-state index in [-0.39, 0.29) is 11.9 Å². The van der Waals surface area contributed by atoms with Gasteiger partial charge in [0.05, 0.1) is 0 Å². The number of carbonyl (C=O) groups excluding carboxylic acids is 1. The highest BCUT2D eigenvalue weighted by molar-refractivity contribution is 7.18. The van der Waals surface area contributed by atoms with Gasteiger partial charge in [-0.25, -0.2) is 4.98 Å². The van der Waals surface area contributed by atoms with Gasteiger partial charge in [-0.05, 0) is 42.7 Å². The molecule has 0 saturated carbocycles. The monoisotopic (exact) mass is 324 g/mol. The molecule has 0 aliphatic rings. The molecule has 0 aliphatic heterocycles. The Morgan fingerprint density at radius 2 is 2.33 bits per heavy atom. The smallest absolute Gasteiger partial charge is 0.265 e. The van der Waals surface area contributed by atoms with Crippen LogP contribution >= 0.6 is 22.7 Å². The highest BCUT2D eigenvalue weighted by atomic mass is 32.1. The number of rotatable bonds is 6. The number of nitrogens with one attached hydrogen (secondary N) is 1. The van der Waals surface area contributed by atoms with Crippen LogP contribution in [0.3, 0.4) is 0 Å². The quantitative estimate of drug-likeness (QED) is 0.857. The minimum Gasteiger partial charge on any atom is -0.382 e. The molecule has 1 atom stereocenters. The molecule has 0 saturated heterocycles. The van der Waals surface area contributed by atoms with Crippen LogP contribution in [-0.4, -0.2) is 30.5 Å². The van der Waals surface area contributed by atoms with E-state index in [0.717, 1.165) is 18.1 Å². The Kier molecular flexibility index (Phi) is 5.19. The number of anilines is 2. The van der Waals surface area contributed by atoms with Crippen LogP contribution in [0.4, 0.5) is 10.9 Å². The fourth-order valence-electron chi connectivity index (χ4n) is 1.88. The SMILES string of the molecule is CCN(C)c1nc(N)c(C(=O)NC(C)Cc2ccsc2)s1. The number of thiazole rings is 1. The maximum Gasteiger partial charge on any atom is 0.265 e. The van der Waals surface area contributed by atoms with Crippen molar-refractivity contribution in [2.75, 3.05) is 24.2 Å². The Bertz CT molecular complexity index is 594. The van der Waals surface area contributed by atoms with Gasteiger partial charge in [0.25, 0.3) is 5.91 Å². The van der Waals surface area contributed by atoms with Crippen molar-refractivity contribution in [2.45, 2.75) is 26.3 Å². The van der Waals surface area contributed by atoms with E-state index < -0.39 is 0 Å². The van der Waals surface area contributed by atoms with E-state index in [1.165, 1.54) is 16.9 Å². The highest BCUT2D eigenvalue weighted by Crippen LogP contribution is 2.27. The summed E-state index contributed by atoms with van der Waals surface area (Å²) >= 11 is 2.99. The number of nitrogens with two attached hydrogens (primary N) is 1. The Balaban J connectivity index is 2.01. The lowest BCUT2D eigenvalue weighted by molar-refractivity contribution is 0.0945. The summed E-state index contributed by atoms with van der Waals surface area (Å²) < 4.78 is 0. The summed E-state index contributed by atoms with van der Waals surface area (Å²) in [4.78, 5) is 19.0. The minimum absolute atomic E-state index is 0.0564. The van der Waals surface area contributed by atoms with Crippen LogP contribution in [0.2, 0.25) is 0 Å². The zero-order valence-electron chi connectivity index (χ0n) is 12.4. The second-order valence-electron chi connectivity index (χ2n) is 4.94. The van der Waals surface area contributed by atoms with Gasteiger partial charge in [0.1, 0.15) is 10.7 Å². The normalized spacial score (nSPS) is 12.1. The molecule has 114 valence electrons. The number of hydrogen-bond acceptors (Lipinski definition) is 6. The lowest BCUT2D eigenvalue weighted by Gasteiger charge is -2.12. The number of thiophene rings is 1. The molecule has 0 aliphatic carbocycles. The molecule has 21 heavy (non-hydrogen) atoms. The van der Waals surface area contributed by atoms with Gasteiger partial charge in [-0.1, -0.05) is 11.3 Å². The molecular formula is C14H20N4OS2. The van der Waals surface area contributed by atoms with Crippen LogP contribution in [0, 0.1) is 0 Å². The fourth-order valence-corrected chi connectivity index (χ4v) is 3.48. The molecule has 3 N–H and O–H groups in total. The molecule has 1 amide bonds. The first-order valence-corrected chi connectivity index (χ1v) is 8.56. The number of nitrogen functional groups attached to an aromatic ring is 1. The molecule has 0 bridgehead atoms. The Morgan fingerprint density at radius 3 is 2.95 bits per heavy atom. The second-order valence-corrected chi connectivity index (χ2v) is 6.69. The number of carbonyl (C=O) groups is 1. The summed E-state index contributed by atoms with van der Waals surface area (Å²) in [7, 11) is 1.93. The summed E-state index contributed by atoms with van der Waals surface area (Å²) in [6.07, 6.45) is 0.815. The average molecular weight is 324 g/mol. The Hall–Kier alpha value is -1.60. The van der Waals surface area contributed by atoms with Crippen molar-refractivity contribution in [1.29, 1.82) is 0 Å². The zero-order chi connectivity index (χ0) is 15.4. The van der Waals surface area contributed by atoms with Crippen molar-refractivity contribution in [3.8, 4) is 0 Å². The van der Waals surface area contributed by atoms with Crippen molar-refractivity contribution >= 4 is 39.5 Å². The topological polar surface area (TPSA) is 71.2 Å². The largest absolute Gasteiger partial charge is 0.382 e. The number of amides is 1. The maximum absolute atomic E-state index is 12.3. The summed E-state index contributed by atoms with van der Waals surface area (Å²) in [6.45, 7) is 4.84. The maximum atomic E-state index is 12.3. The lowest BCUT2D eigenvalue weighted by Crippen LogP contribution is -2.33. The van der Waals surface area contributed by atoms with Crippen molar-refractivity contribution in [1.82, 2.24) is 10.3 Å². The van der Waals surface area contributed by atoms with Crippen molar-refractivity contribution in [2.24, 2.45) is 0 Å². The van der Waals surface area contributed by atoms with E-state index in [1.54, 1.807) is 11.3 Å². The van der Waals surface area contributed by atoms with E-state index in [1.807, 2.05) is 31.2 Å². The molecule has 0 spiro atoms. The van der Waals surface area contributed by atoms with Crippen LogP contribution < -0.4 is 16.0 Å². The summed E-state index contributed by atoms with van der Waals surface area (Å²) in [5.74, 6) is 0.152. The third kappa shape index (κ3) is 3.95. The number of nitrogens with zero attached hydrogens (tertiary/aromatic N) is 2. The molecule has 7 heteroatoms. The zero-order valence-corrected chi connectivity index (χ0v) is 14.1. The van der Waals surface area contributed by atoms with Crippen LogP contribution in [0.25, 0.3) is 0 Å². The van der Waals surface area contributed by atoms with Crippen LogP contribution in [0.15, 0.2) is 16.8 Å². The summed E-state index contributed by atoms with van der Waals surface area (Å²) in [6, 6.07) is 2.13. The van der Waals surface area contributed by atoms with Crippen molar-refractivity contribution in [3.63, 3.8) is 0 Å². The molecule has 2 aromatic rings. The lowest BCUT2D eigenvalue weighted by atomic mass is 10.1. The summed E-state index contributed by atoms with van der Waals surface area (Å²) in [5, 5.41) is 7.89. The molecule has 0 radical (unpaired) electrons. The van der Waals surface area contributed by atoms with Gasteiger partial charge in [-0.2, -0.15) is 11.3 Å². The van der Waals surface area contributed by atoms with Gasteiger partial charge >= 0.3 is 0 Å². The summed E-state index contributed by atoms with van der Waals surface area (Å²) in [5.41, 5.74) is 7.09. The molecule has 2 heterocycles. The van der Waals surface area contributed by atoms with Crippen LogP contribution in [-0.2, 0) is 6.42 Å².